The summed E-state index contributed by atoms with van der Waals surface area (Å²) in [7, 11) is 6.00. The smallest absolute Gasteiger partial charge is 0.191 e. The molecule has 1 saturated heterocycles. The fraction of sp³-hybridized carbons (Fsp3) is 0.588. The SMILES string of the molecule is CN=C(NCC(O)c1cc(Cl)cc(Cl)c1)NCC1CN(C)CCN1C.I. The average Bonchev–Trinajstić information content (AvgIpc) is 2.56. The maximum atomic E-state index is 10.3. The van der Waals surface area contributed by atoms with Gasteiger partial charge in [0.25, 0.3) is 0 Å². The Morgan fingerprint density at radius 2 is 1.88 bits per heavy atom. The van der Waals surface area contributed by atoms with E-state index in [0.29, 0.717) is 34.2 Å². The Kier molecular flexibility index (Phi) is 10.5. The van der Waals surface area contributed by atoms with Gasteiger partial charge in [-0.15, -0.1) is 24.0 Å². The van der Waals surface area contributed by atoms with Crippen LogP contribution >= 0.6 is 47.2 Å². The van der Waals surface area contributed by atoms with Crippen molar-refractivity contribution < 1.29 is 5.11 Å². The standard InChI is InChI=1S/C17H27Cl2N5O.HI/c1-20-17(21-9-15-11-23(2)4-5-24(15)3)22-10-16(25)12-6-13(18)8-14(19)7-12;/h6-8,15-16,25H,4-5,9-11H2,1-3H3,(H2,20,21,22);1H. The number of piperazine rings is 1. The molecule has 2 unspecified atom stereocenters. The van der Waals surface area contributed by atoms with Crippen LogP contribution in [0.4, 0.5) is 0 Å². The normalized spacial score (nSPS) is 20.4. The first-order chi connectivity index (χ1) is 11.9. The molecular formula is C17H28Cl2IN5O. The number of nitrogens with zero attached hydrogens (tertiary/aromatic N) is 3. The van der Waals surface area contributed by atoms with E-state index in [0.717, 1.165) is 26.2 Å². The van der Waals surface area contributed by atoms with Gasteiger partial charge in [-0.1, -0.05) is 23.2 Å². The molecule has 0 radical (unpaired) electrons. The number of halogens is 3. The Balaban J connectivity index is 0.00000338. The molecule has 26 heavy (non-hydrogen) atoms. The number of aliphatic imine (C=N–C) groups is 1. The third-order valence-electron chi connectivity index (χ3n) is 4.44. The number of nitrogens with one attached hydrogen (secondary N) is 2. The average molecular weight is 516 g/mol. The molecule has 3 N–H and O–H groups in total. The molecule has 2 rings (SSSR count). The molecule has 0 aliphatic carbocycles. The summed E-state index contributed by atoms with van der Waals surface area (Å²) in [5.74, 6) is 0.661. The molecule has 1 aromatic rings. The zero-order valence-electron chi connectivity index (χ0n) is 15.4. The van der Waals surface area contributed by atoms with Gasteiger partial charge in [-0.05, 0) is 37.9 Å². The maximum Gasteiger partial charge on any atom is 0.191 e. The molecule has 0 saturated carbocycles. The maximum absolute atomic E-state index is 10.3. The van der Waals surface area contributed by atoms with Crippen LogP contribution in [-0.4, -0.2) is 80.8 Å². The van der Waals surface area contributed by atoms with Crippen molar-refractivity contribution in [1.82, 2.24) is 20.4 Å². The second kappa shape index (κ2) is 11.5. The first kappa shape index (κ1) is 23.7. The summed E-state index contributed by atoms with van der Waals surface area (Å²) >= 11 is 12.0. The molecule has 1 aliphatic rings. The summed E-state index contributed by atoms with van der Waals surface area (Å²) in [6, 6.07) is 5.49. The Bertz CT molecular complexity index is 584. The van der Waals surface area contributed by atoms with Gasteiger partial charge in [0, 0.05) is 55.9 Å². The molecule has 1 aliphatic heterocycles. The first-order valence-corrected chi connectivity index (χ1v) is 9.12. The van der Waals surface area contributed by atoms with Crippen LogP contribution in [0.2, 0.25) is 10.0 Å². The molecule has 1 aromatic carbocycles. The second-order valence-electron chi connectivity index (χ2n) is 6.45. The van der Waals surface area contributed by atoms with Crippen molar-refractivity contribution in [3.8, 4) is 0 Å². The summed E-state index contributed by atoms with van der Waals surface area (Å²) in [5, 5.41) is 17.8. The lowest BCUT2D eigenvalue weighted by molar-refractivity contribution is 0.116. The highest BCUT2D eigenvalue weighted by Gasteiger charge is 2.22. The second-order valence-corrected chi connectivity index (χ2v) is 7.32. The molecule has 0 aromatic heterocycles. The number of aliphatic hydroxyl groups excluding tert-OH is 1. The molecule has 1 fully saturated rings. The Labute approximate surface area is 182 Å². The molecule has 6 nitrogen and oxygen atoms in total. The first-order valence-electron chi connectivity index (χ1n) is 8.36. The Hall–Kier alpha value is -0.320. The summed E-state index contributed by atoms with van der Waals surface area (Å²) < 4.78 is 0. The lowest BCUT2D eigenvalue weighted by atomic mass is 10.1. The predicted molar refractivity (Wildman–Crippen MR) is 120 cm³/mol. The number of guanidine groups is 1. The number of aliphatic hydroxyl groups is 1. The fourth-order valence-corrected chi connectivity index (χ4v) is 3.38. The summed E-state index contributed by atoms with van der Waals surface area (Å²) in [6.45, 7) is 4.28. The molecule has 9 heteroatoms. The number of likely N-dealkylation sites (N-methyl/N-ethyl adjacent to an activating group) is 2. The minimum absolute atomic E-state index is 0. The summed E-state index contributed by atoms with van der Waals surface area (Å²) in [6.07, 6.45) is -0.724. The zero-order chi connectivity index (χ0) is 18.4. The number of hydrogen-bond acceptors (Lipinski definition) is 4. The van der Waals surface area contributed by atoms with Crippen LogP contribution < -0.4 is 10.6 Å². The van der Waals surface area contributed by atoms with Gasteiger partial charge in [0.1, 0.15) is 0 Å². The van der Waals surface area contributed by atoms with E-state index in [1.165, 1.54) is 0 Å². The topological polar surface area (TPSA) is 63.1 Å². The number of rotatable bonds is 5. The van der Waals surface area contributed by atoms with Gasteiger partial charge in [0.2, 0.25) is 0 Å². The minimum Gasteiger partial charge on any atom is -0.387 e. The van der Waals surface area contributed by atoms with E-state index in [1.54, 1.807) is 25.2 Å². The largest absolute Gasteiger partial charge is 0.387 e. The van der Waals surface area contributed by atoms with Crippen molar-refractivity contribution in [1.29, 1.82) is 0 Å². The highest BCUT2D eigenvalue weighted by atomic mass is 127. The lowest BCUT2D eigenvalue weighted by Crippen LogP contribution is -2.55. The number of benzene rings is 1. The monoisotopic (exact) mass is 515 g/mol. The van der Waals surface area contributed by atoms with Crippen molar-refractivity contribution in [2.45, 2.75) is 12.1 Å². The van der Waals surface area contributed by atoms with Gasteiger partial charge in [-0.2, -0.15) is 0 Å². The van der Waals surface area contributed by atoms with Gasteiger partial charge >= 0.3 is 0 Å². The summed E-state index contributed by atoms with van der Waals surface area (Å²) in [4.78, 5) is 8.90. The zero-order valence-corrected chi connectivity index (χ0v) is 19.2. The summed E-state index contributed by atoms with van der Waals surface area (Å²) in [5.41, 5.74) is 0.675. The van der Waals surface area contributed by atoms with E-state index >= 15 is 0 Å². The minimum atomic E-state index is -0.724. The number of hydrogen-bond donors (Lipinski definition) is 3. The molecule has 0 bridgehead atoms. The third-order valence-corrected chi connectivity index (χ3v) is 4.88. The van der Waals surface area contributed by atoms with Crippen molar-refractivity contribution in [2.24, 2.45) is 4.99 Å². The van der Waals surface area contributed by atoms with Crippen LogP contribution in [-0.2, 0) is 0 Å². The van der Waals surface area contributed by atoms with Gasteiger partial charge in [0.15, 0.2) is 5.96 Å². The molecule has 1 heterocycles. The van der Waals surface area contributed by atoms with Crippen molar-refractivity contribution >= 4 is 53.1 Å². The Morgan fingerprint density at radius 1 is 1.23 bits per heavy atom. The van der Waals surface area contributed by atoms with Crippen molar-refractivity contribution in [3.63, 3.8) is 0 Å². The predicted octanol–water partition coefficient (Wildman–Crippen LogP) is 2.06. The molecule has 2 atom stereocenters. The van der Waals surface area contributed by atoms with Crippen LogP contribution in [0.25, 0.3) is 0 Å². The third kappa shape index (κ3) is 7.36. The van der Waals surface area contributed by atoms with E-state index in [4.69, 9.17) is 23.2 Å². The molecule has 0 spiro atoms. The van der Waals surface area contributed by atoms with Gasteiger partial charge in [0.05, 0.1) is 6.10 Å². The van der Waals surface area contributed by atoms with Gasteiger partial charge < -0.3 is 20.6 Å². The highest BCUT2D eigenvalue weighted by molar-refractivity contribution is 14.0. The van der Waals surface area contributed by atoms with E-state index in [9.17, 15) is 5.11 Å². The highest BCUT2D eigenvalue weighted by Crippen LogP contribution is 2.23. The van der Waals surface area contributed by atoms with Crippen LogP contribution in [0.1, 0.15) is 11.7 Å². The van der Waals surface area contributed by atoms with Gasteiger partial charge in [-0.25, -0.2) is 0 Å². The van der Waals surface area contributed by atoms with E-state index in [2.05, 4.69) is 39.5 Å². The molecule has 148 valence electrons. The van der Waals surface area contributed by atoms with E-state index in [-0.39, 0.29) is 24.0 Å². The molecular weight excluding hydrogens is 488 g/mol. The van der Waals surface area contributed by atoms with Crippen LogP contribution in [0.5, 0.6) is 0 Å². The van der Waals surface area contributed by atoms with E-state index < -0.39 is 6.10 Å². The van der Waals surface area contributed by atoms with Crippen LogP contribution in [0, 0.1) is 0 Å². The van der Waals surface area contributed by atoms with Gasteiger partial charge in [-0.3, -0.25) is 9.89 Å². The van der Waals surface area contributed by atoms with Crippen molar-refractivity contribution in [2.75, 3.05) is 53.9 Å². The van der Waals surface area contributed by atoms with Crippen molar-refractivity contribution in [3.05, 3.63) is 33.8 Å². The van der Waals surface area contributed by atoms with Crippen LogP contribution in [0.15, 0.2) is 23.2 Å². The van der Waals surface area contributed by atoms with E-state index in [1.807, 2.05) is 0 Å². The quantitative estimate of drug-likeness (QED) is 0.318. The molecule has 0 amide bonds. The van der Waals surface area contributed by atoms with Crippen LogP contribution in [0.3, 0.4) is 0 Å². The Morgan fingerprint density at radius 3 is 2.50 bits per heavy atom. The lowest BCUT2D eigenvalue weighted by Gasteiger charge is -2.38. The fourth-order valence-electron chi connectivity index (χ4n) is 2.84.